The molecule has 8 heteroatoms. The lowest BCUT2D eigenvalue weighted by Gasteiger charge is -2.17. The predicted molar refractivity (Wildman–Crippen MR) is 137 cm³/mol. The molecule has 0 fully saturated rings. The molecule has 0 atom stereocenters. The van der Waals surface area contributed by atoms with Gasteiger partial charge in [-0.05, 0) is 41.5 Å². The van der Waals surface area contributed by atoms with Gasteiger partial charge < -0.3 is 5.32 Å². The summed E-state index contributed by atoms with van der Waals surface area (Å²) in [5.74, 6) is -0.318. The highest BCUT2D eigenvalue weighted by atomic mass is 35.5. The van der Waals surface area contributed by atoms with E-state index in [0.29, 0.717) is 33.0 Å². The number of carbonyl (C=O) groups is 2. The normalized spacial score (nSPS) is 14.5. The predicted octanol–water partition coefficient (Wildman–Crippen LogP) is 5.79. The lowest BCUT2D eigenvalue weighted by Crippen LogP contribution is -2.32. The van der Waals surface area contributed by atoms with Crippen molar-refractivity contribution in [3.8, 4) is 0 Å². The van der Waals surface area contributed by atoms with E-state index in [1.165, 1.54) is 16.7 Å². The number of hydrogen-bond acceptors (Lipinski definition) is 4. The summed E-state index contributed by atoms with van der Waals surface area (Å²) < 4.78 is 0. The zero-order chi connectivity index (χ0) is 23.2. The topological polar surface area (TPSA) is 61.8 Å². The van der Waals surface area contributed by atoms with Crippen LogP contribution in [0, 0.1) is 0 Å². The summed E-state index contributed by atoms with van der Waals surface area (Å²) >= 11 is 13.5. The number of halogens is 2. The fourth-order valence-corrected chi connectivity index (χ4v) is 4.45. The molecule has 0 aliphatic carbocycles. The van der Waals surface area contributed by atoms with Crippen molar-refractivity contribution in [3.63, 3.8) is 0 Å². The first kappa shape index (κ1) is 23.1. The second-order valence-electron chi connectivity index (χ2n) is 7.12. The first-order chi connectivity index (χ1) is 16.0. The second-order valence-corrected chi connectivity index (χ2v) is 8.90. The van der Waals surface area contributed by atoms with Gasteiger partial charge in [0.2, 0.25) is 5.91 Å². The molecule has 0 spiro atoms. The van der Waals surface area contributed by atoms with Crippen molar-refractivity contribution in [3.05, 3.63) is 106 Å². The van der Waals surface area contributed by atoms with Gasteiger partial charge in [-0.1, -0.05) is 89.6 Å². The summed E-state index contributed by atoms with van der Waals surface area (Å²) in [5, 5.41) is 4.25. The molecular formula is C25H19Cl2N3O2S. The van der Waals surface area contributed by atoms with E-state index in [9.17, 15) is 9.59 Å². The number of benzene rings is 3. The van der Waals surface area contributed by atoms with E-state index in [2.05, 4.69) is 10.3 Å². The van der Waals surface area contributed by atoms with Crippen LogP contribution in [0.25, 0.3) is 6.08 Å². The Morgan fingerprint density at radius 1 is 1.00 bits per heavy atom. The van der Waals surface area contributed by atoms with Crippen molar-refractivity contribution in [2.24, 2.45) is 4.99 Å². The first-order valence-electron chi connectivity index (χ1n) is 10.1. The van der Waals surface area contributed by atoms with Gasteiger partial charge in [0, 0.05) is 16.6 Å². The Hall–Kier alpha value is -3.06. The third-order valence-corrected chi connectivity index (χ3v) is 6.26. The molecule has 0 radical (unpaired) electrons. The van der Waals surface area contributed by atoms with Gasteiger partial charge in [-0.25, -0.2) is 4.99 Å². The van der Waals surface area contributed by atoms with Crippen molar-refractivity contribution >= 4 is 63.7 Å². The monoisotopic (exact) mass is 495 g/mol. The third-order valence-electron chi connectivity index (χ3n) is 4.76. The maximum Gasteiger partial charge on any atom is 0.283 e. The van der Waals surface area contributed by atoms with Gasteiger partial charge >= 0.3 is 0 Å². The highest BCUT2D eigenvalue weighted by Crippen LogP contribution is 2.31. The van der Waals surface area contributed by atoms with Crippen LogP contribution in [-0.2, 0) is 16.1 Å². The number of hydrogen-bond donors (Lipinski definition) is 1. The Morgan fingerprint density at radius 3 is 2.39 bits per heavy atom. The molecule has 2 amide bonds. The summed E-state index contributed by atoms with van der Waals surface area (Å²) in [7, 11) is 0. The van der Waals surface area contributed by atoms with E-state index in [1.54, 1.807) is 24.3 Å². The summed E-state index contributed by atoms with van der Waals surface area (Å²) in [4.78, 5) is 31.7. The Bertz CT molecular complexity index is 1230. The van der Waals surface area contributed by atoms with Crippen LogP contribution in [0.2, 0.25) is 10.0 Å². The van der Waals surface area contributed by atoms with Gasteiger partial charge in [-0.15, -0.1) is 0 Å². The summed E-state index contributed by atoms with van der Waals surface area (Å²) in [5.41, 5.74) is 2.55. The number of amidine groups is 1. The molecule has 1 aliphatic heterocycles. The van der Waals surface area contributed by atoms with Crippen LogP contribution in [-0.4, -0.2) is 22.7 Å². The van der Waals surface area contributed by atoms with Gasteiger partial charge in [0.1, 0.15) is 5.70 Å². The lowest BCUT2D eigenvalue weighted by molar-refractivity contribution is -0.118. The molecular weight excluding hydrogens is 477 g/mol. The van der Waals surface area contributed by atoms with Crippen molar-refractivity contribution < 1.29 is 9.59 Å². The van der Waals surface area contributed by atoms with Crippen LogP contribution in [0.4, 0.5) is 5.69 Å². The molecule has 5 nitrogen and oxygen atoms in total. The molecule has 33 heavy (non-hydrogen) atoms. The van der Waals surface area contributed by atoms with E-state index in [4.69, 9.17) is 23.2 Å². The number of thioether (sulfide) groups is 1. The SMILES string of the molecule is O=C(CSC1=N/C(=C/c2ccc(Cl)cc2Cl)C(=O)N1c1ccccc1)NCc1ccccc1. The molecule has 3 aromatic rings. The van der Waals surface area contributed by atoms with Crippen LogP contribution in [0.1, 0.15) is 11.1 Å². The van der Waals surface area contributed by atoms with E-state index in [-0.39, 0.29) is 23.3 Å². The van der Waals surface area contributed by atoms with Crippen molar-refractivity contribution in [2.45, 2.75) is 6.54 Å². The summed E-state index contributed by atoms with van der Waals surface area (Å²) in [6, 6.07) is 23.9. The fourth-order valence-electron chi connectivity index (χ4n) is 3.14. The maximum absolute atomic E-state index is 13.2. The third kappa shape index (κ3) is 5.85. The van der Waals surface area contributed by atoms with Crippen LogP contribution in [0.3, 0.4) is 0 Å². The zero-order valence-electron chi connectivity index (χ0n) is 17.4. The number of anilines is 1. The van der Waals surface area contributed by atoms with Gasteiger partial charge in [-0.3, -0.25) is 14.5 Å². The maximum atomic E-state index is 13.2. The van der Waals surface area contributed by atoms with E-state index >= 15 is 0 Å². The standard InChI is InChI=1S/C25H19Cl2N3O2S/c26-19-12-11-18(21(27)14-19)13-22-24(32)30(20-9-5-2-6-10-20)25(29-22)33-16-23(31)28-15-17-7-3-1-4-8-17/h1-14H,15-16H2,(H,28,31)/b22-13+. The van der Waals surface area contributed by atoms with Crippen molar-refractivity contribution in [2.75, 3.05) is 10.7 Å². The fraction of sp³-hybridized carbons (Fsp3) is 0.0800. The molecule has 0 saturated carbocycles. The minimum Gasteiger partial charge on any atom is -0.351 e. The average molecular weight is 496 g/mol. The average Bonchev–Trinajstić information content (AvgIpc) is 3.14. The lowest BCUT2D eigenvalue weighted by atomic mass is 10.2. The number of para-hydroxylation sites is 1. The van der Waals surface area contributed by atoms with E-state index < -0.39 is 0 Å². The van der Waals surface area contributed by atoms with Crippen LogP contribution in [0.15, 0.2) is 89.6 Å². The van der Waals surface area contributed by atoms with Crippen molar-refractivity contribution in [1.29, 1.82) is 0 Å². The van der Waals surface area contributed by atoms with Gasteiger partial charge in [0.05, 0.1) is 11.4 Å². The summed E-state index contributed by atoms with van der Waals surface area (Å²) in [6.07, 6.45) is 1.62. The van der Waals surface area contributed by atoms with Gasteiger partial charge in [0.25, 0.3) is 5.91 Å². The van der Waals surface area contributed by atoms with Gasteiger partial charge in [-0.2, -0.15) is 0 Å². The van der Waals surface area contributed by atoms with Gasteiger partial charge in [0.15, 0.2) is 5.17 Å². The van der Waals surface area contributed by atoms with Crippen LogP contribution >= 0.6 is 35.0 Å². The van der Waals surface area contributed by atoms with Crippen molar-refractivity contribution in [1.82, 2.24) is 5.32 Å². The molecule has 166 valence electrons. The Morgan fingerprint density at radius 2 is 1.70 bits per heavy atom. The molecule has 0 bridgehead atoms. The number of nitrogens with one attached hydrogen (secondary N) is 1. The number of amides is 2. The Balaban J connectivity index is 1.53. The minimum absolute atomic E-state index is 0.122. The Kier molecular flexibility index (Phi) is 7.50. The second kappa shape index (κ2) is 10.7. The molecule has 4 rings (SSSR count). The number of nitrogens with zero attached hydrogens (tertiary/aromatic N) is 2. The molecule has 1 heterocycles. The summed E-state index contributed by atoms with van der Waals surface area (Å²) in [6.45, 7) is 0.439. The molecule has 1 N–H and O–H groups in total. The number of aliphatic imine (C=N–C) groups is 1. The van der Waals surface area contributed by atoms with E-state index in [1.807, 2.05) is 60.7 Å². The minimum atomic E-state index is -0.292. The molecule has 0 saturated heterocycles. The molecule has 0 unspecified atom stereocenters. The largest absolute Gasteiger partial charge is 0.351 e. The Labute approximate surface area is 206 Å². The van der Waals surface area contributed by atoms with E-state index in [0.717, 1.165) is 5.56 Å². The number of rotatable bonds is 6. The first-order valence-corrected chi connectivity index (χ1v) is 11.8. The number of carbonyl (C=O) groups excluding carboxylic acids is 2. The molecule has 0 aromatic heterocycles. The highest BCUT2D eigenvalue weighted by molar-refractivity contribution is 8.14. The quantitative estimate of drug-likeness (QED) is 0.440. The smallest absolute Gasteiger partial charge is 0.283 e. The zero-order valence-corrected chi connectivity index (χ0v) is 19.7. The molecule has 1 aliphatic rings. The van der Waals surface area contributed by atoms with Crippen LogP contribution < -0.4 is 10.2 Å². The van der Waals surface area contributed by atoms with Crippen LogP contribution in [0.5, 0.6) is 0 Å². The highest BCUT2D eigenvalue weighted by Gasteiger charge is 2.32. The molecule has 3 aromatic carbocycles.